The molecule has 0 fully saturated rings. The van der Waals surface area contributed by atoms with Gasteiger partial charge in [0.2, 0.25) is 0 Å². The quantitative estimate of drug-likeness (QED) is 0.0222. The fourth-order valence-electron chi connectivity index (χ4n) is 12.6. The predicted octanol–water partition coefficient (Wildman–Crippen LogP) is 24.4. The van der Waals surface area contributed by atoms with Crippen molar-refractivity contribution in [1.29, 1.82) is 0 Å². The van der Waals surface area contributed by atoms with E-state index in [4.69, 9.17) is 37.0 Å². The first-order valence-corrected chi connectivity index (χ1v) is 45.1. The number of phosphoric ester groups is 2. The molecule has 100 heavy (non-hydrogen) atoms. The molecule has 0 amide bonds. The van der Waals surface area contributed by atoms with E-state index in [0.29, 0.717) is 25.7 Å². The lowest BCUT2D eigenvalue weighted by atomic mass is 10.0. The lowest BCUT2D eigenvalue weighted by molar-refractivity contribution is -0.161. The Morgan fingerprint density at radius 2 is 0.460 bits per heavy atom. The van der Waals surface area contributed by atoms with Gasteiger partial charge in [-0.1, -0.05) is 381 Å². The molecule has 594 valence electrons. The van der Waals surface area contributed by atoms with Crippen LogP contribution in [0.3, 0.4) is 0 Å². The average Bonchev–Trinajstić information content (AvgIpc) is 0.940. The predicted molar refractivity (Wildman–Crippen MR) is 409 cm³/mol. The molecule has 2 unspecified atom stereocenters. The van der Waals surface area contributed by atoms with Crippen molar-refractivity contribution in [3.63, 3.8) is 0 Å². The zero-order valence-electron chi connectivity index (χ0n) is 65.3. The highest BCUT2D eigenvalue weighted by Crippen LogP contribution is 2.45. The van der Waals surface area contributed by atoms with E-state index in [1.165, 1.54) is 257 Å². The van der Waals surface area contributed by atoms with Crippen molar-refractivity contribution in [3.05, 3.63) is 0 Å². The number of esters is 4. The molecular formula is C81H158O17P2. The van der Waals surface area contributed by atoms with Crippen molar-refractivity contribution >= 4 is 39.5 Å². The second-order valence-corrected chi connectivity index (χ2v) is 32.5. The van der Waals surface area contributed by atoms with Crippen LogP contribution in [0.1, 0.15) is 433 Å². The molecule has 0 radical (unpaired) electrons. The molecule has 0 aliphatic heterocycles. The van der Waals surface area contributed by atoms with Gasteiger partial charge in [-0.25, -0.2) is 9.13 Å². The Balaban J connectivity index is 5.14. The third-order valence-corrected chi connectivity index (χ3v) is 20.9. The zero-order valence-corrected chi connectivity index (χ0v) is 67.1. The third kappa shape index (κ3) is 74.3. The smallest absolute Gasteiger partial charge is 0.462 e. The molecule has 0 rings (SSSR count). The van der Waals surface area contributed by atoms with Gasteiger partial charge in [0.15, 0.2) is 12.2 Å². The van der Waals surface area contributed by atoms with Crippen LogP contribution in [0, 0.1) is 5.92 Å². The minimum absolute atomic E-state index is 0.106. The number of hydrogen-bond donors (Lipinski definition) is 3. The number of hydrogen-bond acceptors (Lipinski definition) is 15. The largest absolute Gasteiger partial charge is 0.472 e. The molecule has 0 aliphatic carbocycles. The Morgan fingerprint density at radius 1 is 0.270 bits per heavy atom. The van der Waals surface area contributed by atoms with Gasteiger partial charge in [0.1, 0.15) is 19.3 Å². The Labute approximate surface area is 613 Å². The van der Waals surface area contributed by atoms with Gasteiger partial charge in [0, 0.05) is 25.7 Å². The summed E-state index contributed by atoms with van der Waals surface area (Å²) < 4.78 is 68.5. The standard InChI is InChI=1S/C81H158O17P2/c1-6-9-12-15-18-21-22-23-24-25-26-27-28-32-35-38-41-46-50-55-60-65-79(84)92-71-77(98-81(86)67-62-57-52-47-42-39-36-33-30-29-31-34-37-40-45-48-53-58-63-74(4)5)73-96-100(89,90)94-69-75(82)68-93-99(87,88)95-72-76(97-80(85)66-61-56-51-44-20-17-14-11-8-3)70-91-78(83)64-59-54-49-43-19-16-13-10-7-2/h74-77,82H,6-73H2,1-5H3,(H,87,88)(H,89,90)/t75-,76+,77+/m0/s1. The topological polar surface area (TPSA) is 237 Å². The van der Waals surface area contributed by atoms with Gasteiger partial charge in [-0.3, -0.25) is 37.3 Å². The highest BCUT2D eigenvalue weighted by atomic mass is 31.2. The Bertz CT molecular complexity index is 1910. The second-order valence-electron chi connectivity index (χ2n) is 29.6. The summed E-state index contributed by atoms with van der Waals surface area (Å²) in [4.78, 5) is 72.8. The molecule has 17 nitrogen and oxygen atoms in total. The van der Waals surface area contributed by atoms with Gasteiger partial charge < -0.3 is 33.8 Å². The van der Waals surface area contributed by atoms with Gasteiger partial charge in [-0.15, -0.1) is 0 Å². The summed E-state index contributed by atoms with van der Waals surface area (Å²) >= 11 is 0. The van der Waals surface area contributed by atoms with Crippen LogP contribution in [0.25, 0.3) is 0 Å². The van der Waals surface area contributed by atoms with Crippen LogP contribution < -0.4 is 0 Å². The SMILES string of the molecule is CCCCCCCCCCCCCCCCCCCCCCCC(=O)OC[C@H](COP(=O)(O)OC[C@@H](O)COP(=O)(O)OC[C@@H](COC(=O)CCCCCCCCCCC)OC(=O)CCCCCCCCCCC)OC(=O)CCCCCCCCCCCCCCCCCCCCC(C)C. The van der Waals surface area contributed by atoms with E-state index in [1.54, 1.807) is 0 Å². The molecule has 0 aliphatic rings. The van der Waals surface area contributed by atoms with Gasteiger partial charge in [0.05, 0.1) is 26.4 Å². The molecule has 0 heterocycles. The summed E-state index contributed by atoms with van der Waals surface area (Å²) in [6, 6.07) is 0. The molecule has 0 aromatic carbocycles. The minimum atomic E-state index is -4.96. The minimum Gasteiger partial charge on any atom is -0.462 e. The monoisotopic (exact) mass is 1470 g/mol. The van der Waals surface area contributed by atoms with E-state index in [9.17, 15) is 43.2 Å². The summed E-state index contributed by atoms with van der Waals surface area (Å²) in [6.07, 6.45) is 65.5. The van der Waals surface area contributed by atoms with Crippen molar-refractivity contribution in [1.82, 2.24) is 0 Å². The van der Waals surface area contributed by atoms with Crippen LogP contribution in [-0.2, 0) is 65.4 Å². The molecule has 0 saturated carbocycles. The molecule has 0 spiro atoms. The van der Waals surface area contributed by atoms with Crippen LogP contribution in [0.2, 0.25) is 0 Å². The molecular weight excluding hydrogens is 1310 g/mol. The van der Waals surface area contributed by atoms with Gasteiger partial charge in [-0.2, -0.15) is 0 Å². The van der Waals surface area contributed by atoms with E-state index < -0.39 is 97.5 Å². The van der Waals surface area contributed by atoms with E-state index >= 15 is 0 Å². The highest BCUT2D eigenvalue weighted by molar-refractivity contribution is 7.47. The second kappa shape index (κ2) is 73.9. The Kier molecular flexibility index (Phi) is 72.5. The maximum atomic E-state index is 13.1. The van der Waals surface area contributed by atoms with Gasteiger partial charge >= 0.3 is 39.5 Å². The lowest BCUT2D eigenvalue weighted by Gasteiger charge is -2.21. The Hall–Kier alpha value is -1.94. The summed E-state index contributed by atoms with van der Waals surface area (Å²) in [5, 5.41) is 10.6. The lowest BCUT2D eigenvalue weighted by Crippen LogP contribution is -2.30. The van der Waals surface area contributed by atoms with Crippen LogP contribution in [0.15, 0.2) is 0 Å². The van der Waals surface area contributed by atoms with Crippen LogP contribution in [0.4, 0.5) is 0 Å². The first-order valence-electron chi connectivity index (χ1n) is 42.1. The van der Waals surface area contributed by atoms with Crippen molar-refractivity contribution in [2.24, 2.45) is 5.92 Å². The fraction of sp³-hybridized carbons (Fsp3) is 0.951. The van der Waals surface area contributed by atoms with Gasteiger partial charge in [-0.05, 0) is 31.6 Å². The number of aliphatic hydroxyl groups excluding tert-OH is 1. The number of rotatable bonds is 81. The highest BCUT2D eigenvalue weighted by Gasteiger charge is 2.30. The number of carbonyl (C=O) groups excluding carboxylic acids is 4. The maximum Gasteiger partial charge on any atom is 0.472 e. The van der Waals surface area contributed by atoms with Crippen molar-refractivity contribution < 1.29 is 80.2 Å². The van der Waals surface area contributed by atoms with Crippen molar-refractivity contribution in [2.45, 2.75) is 451 Å². The van der Waals surface area contributed by atoms with E-state index in [2.05, 4.69) is 34.6 Å². The summed E-state index contributed by atoms with van der Waals surface area (Å²) in [5.74, 6) is -1.29. The van der Waals surface area contributed by atoms with Crippen LogP contribution in [-0.4, -0.2) is 96.7 Å². The van der Waals surface area contributed by atoms with Crippen LogP contribution in [0.5, 0.6) is 0 Å². The molecule has 0 aromatic rings. The summed E-state index contributed by atoms with van der Waals surface area (Å²) in [6.45, 7) is 7.32. The number of phosphoric acid groups is 2. The van der Waals surface area contributed by atoms with Crippen molar-refractivity contribution in [2.75, 3.05) is 39.6 Å². The zero-order chi connectivity index (χ0) is 73.4. The molecule has 3 N–H and O–H groups in total. The Morgan fingerprint density at radius 3 is 0.680 bits per heavy atom. The van der Waals surface area contributed by atoms with E-state index in [1.807, 2.05) is 0 Å². The summed E-state index contributed by atoms with van der Waals surface area (Å²) in [5.41, 5.74) is 0. The first-order chi connectivity index (χ1) is 48.5. The molecule has 0 bridgehead atoms. The summed E-state index contributed by atoms with van der Waals surface area (Å²) in [7, 11) is -9.91. The molecule has 0 saturated heterocycles. The average molecular weight is 1470 g/mol. The van der Waals surface area contributed by atoms with E-state index in [-0.39, 0.29) is 25.7 Å². The third-order valence-electron chi connectivity index (χ3n) is 19.0. The number of carbonyl (C=O) groups is 4. The number of aliphatic hydroxyl groups is 1. The van der Waals surface area contributed by atoms with E-state index in [0.717, 1.165) is 95.8 Å². The molecule has 5 atom stereocenters. The van der Waals surface area contributed by atoms with Crippen molar-refractivity contribution in [3.8, 4) is 0 Å². The number of ether oxygens (including phenoxy) is 4. The maximum absolute atomic E-state index is 13.1. The normalized spacial score (nSPS) is 13.8. The fourth-order valence-corrected chi connectivity index (χ4v) is 14.2. The van der Waals surface area contributed by atoms with Crippen LogP contribution >= 0.6 is 15.6 Å². The first kappa shape index (κ1) is 98.1. The molecule has 0 aromatic heterocycles. The number of unbranched alkanes of at least 4 members (excludes halogenated alkanes) is 53. The van der Waals surface area contributed by atoms with Gasteiger partial charge in [0.25, 0.3) is 0 Å². The molecule has 19 heteroatoms.